The predicted molar refractivity (Wildman–Crippen MR) is 119 cm³/mol. The SMILES string of the molecule is C/C=C/C1CCC2CC(c3ccc(C#Cc4cc(F)c(C)c(F)c4)cc3)CCC2C1. The maximum Gasteiger partial charge on any atom is 0.130 e. The molecule has 2 aliphatic rings. The van der Waals surface area contributed by atoms with Crippen molar-refractivity contribution in [3.63, 3.8) is 0 Å². The molecule has 4 rings (SSSR count). The Balaban J connectivity index is 1.40. The molecule has 0 heterocycles. The molecule has 0 saturated heterocycles. The average Bonchev–Trinajstić information content (AvgIpc) is 2.76. The summed E-state index contributed by atoms with van der Waals surface area (Å²) in [7, 11) is 0. The molecular formula is C28H30F2. The van der Waals surface area contributed by atoms with Crippen molar-refractivity contribution in [3.05, 3.63) is 82.4 Å². The molecule has 30 heavy (non-hydrogen) atoms. The molecule has 0 spiro atoms. The van der Waals surface area contributed by atoms with Gasteiger partial charge >= 0.3 is 0 Å². The monoisotopic (exact) mass is 404 g/mol. The van der Waals surface area contributed by atoms with Gasteiger partial charge in [0.1, 0.15) is 11.6 Å². The van der Waals surface area contributed by atoms with E-state index in [1.807, 2.05) is 12.1 Å². The molecule has 2 aliphatic carbocycles. The number of halogens is 2. The van der Waals surface area contributed by atoms with Crippen LogP contribution in [0.25, 0.3) is 0 Å². The average molecular weight is 405 g/mol. The van der Waals surface area contributed by atoms with Crippen LogP contribution in [0.2, 0.25) is 0 Å². The van der Waals surface area contributed by atoms with Crippen molar-refractivity contribution in [2.45, 2.75) is 58.3 Å². The molecule has 0 bridgehead atoms. The van der Waals surface area contributed by atoms with Crippen LogP contribution >= 0.6 is 0 Å². The number of hydrogen-bond acceptors (Lipinski definition) is 0. The topological polar surface area (TPSA) is 0 Å². The molecule has 0 nitrogen and oxygen atoms in total. The Hall–Kier alpha value is -2.40. The summed E-state index contributed by atoms with van der Waals surface area (Å²) in [6, 6.07) is 11.1. The van der Waals surface area contributed by atoms with Crippen molar-refractivity contribution in [2.75, 3.05) is 0 Å². The van der Waals surface area contributed by atoms with Gasteiger partial charge < -0.3 is 0 Å². The lowest BCUT2D eigenvalue weighted by Gasteiger charge is -2.41. The van der Waals surface area contributed by atoms with E-state index in [0.29, 0.717) is 11.5 Å². The minimum absolute atomic E-state index is 0.0370. The van der Waals surface area contributed by atoms with Crippen LogP contribution in [0.1, 0.15) is 73.6 Å². The van der Waals surface area contributed by atoms with E-state index in [2.05, 4.69) is 43.0 Å². The first-order valence-corrected chi connectivity index (χ1v) is 11.2. The molecule has 2 saturated carbocycles. The smallest absolute Gasteiger partial charge is 0.130 e. The van der Waals surface area contributed by atoms with Crippen LogP contribution in [0.5, 0.6) is 0 Å². The lowest BCUT2D eigenvalue weighted by atomic mass is 9.64. The van der Waals surface area contributed by atoms with Crippen LogP contribution in [-0.2, 0) is 0 Å². The summed E-state index contributed by atoms with van der Waals surface area (Å²) in [4.78, 5) is 0. The summed E-state index contributed by atoms with van der Waals surface area (Å²) in [6.07, 6.45) is 12.6. The highest BCUT2D eigenvalue weighted by Gasteiger charge is 2.35. The summed E-state index contributed by atoms with van der Waals surface area (Å²) < 4.78 is 27.4. The molecule has 0 amide bonds. The molecular weight excluding hydrogens is 374 g/mol. The van der Waals surface area contributed by atoms with Gasteiger partial charge in [-0.05, 0) is 106 Å². The molecule has 156 valence electrons. The van der Waals surface area contributed by atoms with Crippen LogP contribution in [-0.4, -0.2) is 0 Å². The van der Waals surface area contributed by atoms with Crippen molar-refractivity contribution in [2.24, 2.45) is 17.8 Å². The third-order valence-electron chi connectivity index (χ3n) is 7.13. The second kappa shape index (κ2) is 9.17. The van der Waals surface area contributed by atoms with Crippen molar-refractivity contribution in [1.29, 1.82) is 0 Å². The third-order valence-corrected chi connectivity index (χ3v) is 7.13. The van der Waals surface area contributed by atoms with Crippen LogP contribution in [0.15, 0.2) is 48.6 Å². The highest BCUT2D eigenvalue weighted by molar-refractivity contribution is 5.45. The fourth-order valence-corrected chi connectivity index (χ4v) is 5.38. The molecule has 0 aliphatic heterocycles. The van der Waals surface area contributed by atoms with Crippen LogP contribution in [0.4, 0.5) is 8.78 Å². The first-order valence-electron chi connectivity index (χ1n) is 11.2. The molecule has 2 aromatic rings. The summed E-state index contributed by atoms with van der Waals surface area (Å²) in [5, 5.41) is 0. The fraction of sp³-hybridized carbons (Fsp3) is 0.429. The van der Waals surface area contributed by atoms with E-state index in [1.54, 1.807) is 0 Å². The zero-order valence-corrected chi connectivity index (χ0v) is 17.9. The second-order valence-corrected chi connectivity index (χ2v) is 9.07. The van der Waals surface area contributed by atoms with E-state index in [4.69, 9.17) is 0 Å². The standard InChI is InChI=1S/C28H30F2/c1-3-4-21-9-12-26-18-25(14-13-24(26)15-21)23-10-7-20(8-11-23)5-6-22-16-27(29)19(2)28(30)17-22/h3-4,7-8,10-11,16-17,21,24-26H,9,12-15,18H2,1-2H3/b4-3+. The molecule has 4 atom stereocenters. The predicted octanol–water partition coefficient (Wildman–Crippen LogP) is 7.55. The highest BCUT2D eigenvalue weighted by atomic mass is 19.1. The second-order valence-electron chi connectivity index (χ2n) is 9.07. The van der Waals surface area contributed by atoms with E-state index in [9.17, 15) is 8.78 Å². The number of fused-ring (bicyclic) bond motifs is 1. The van der Waals surface area contributed by atoms with Crippen molar-refractivity contribution >= 4 is 0 Å². The van der Waals surface area contributed by atoms with Crippen LogP contribution in [0.3, 0.4) is 0 Å². The van der Waals surface area contributed by atoms with Gasteiger partial charge in [0, 0.05) is 16.7 Å². The van der Waals surface area contributed by atoms with E-state index in [1.165, 1.54) is 63.1 Å². The largest absolute Gasteiger partial charge is 0.207 e. The number of benzene rings is 2. The maximum atomic E-state index is 13.7. The third kappa shape index (κ3) is 4.67. The summed E-state index contributed by atoms with van der Waals surface area (Å²) in [5.74, 6) is 8.03. The molecule has 2 aromatic carbocycles. The van der Waals surface area contributed by atoms with Gasteiger partial charge in [0.15, 0.2) is 0 Å². The first-order chi connectivity index (χ1) is 14.5. The molecule has 2 heteroatoms. The first kappa shape index (κ1) is 20.9. The normalized spacial score (nSPS) is 26.1. The fourth-order valence-electron chi connectivity index (χ4n) is 5.38. The lowest BCUT2D eigenvalue weighted by Crippen LogP contribution is -2.30. The van der Waals surface area contributed by atoms with Gasteiger partial charge in [0.25, 0.3) is 0 Å². The van der Waals surface area contributed by atoms with E-state index in [0.717, 1.165) is 23.3 Å². The lowest BCUT2D eigenvalue weighted by molar-refractivity contribution is 0.133. The Morgan fingerprint density at radius 3 is 2.17 bits per heavy atom. The Morgan fingerprint density at radius 1 is 0.833 bits per heavy atom. The summed E-state index contributed by atoms with van der Waals surface area (Å²) >= 11 is 0. The maximum absolute atomic E-state index is 13.7. The summed E-state index contributed by atoms with van der Waals surface area (Å²) in [5.41, 5.74) is 2.68. The van der Waals surface area contributed by atoms with Gasteiger partial charge in [-0.15, -0.1) is 0 Å². The Labute approximate surface area is 179 Å². The van der Waals surface area contributed by atoms with Crippen molar-refractivity contribution in [3.8, 4) is 11.8 Å². The van der Waals surface area contributed by atoms with Crippen molar-refractivity contribution in [1.82, 2.24) is 0 Å². The van der Waals surface area contributed by atoms with Gasteiger partial charge in [-0.25, -0.2) is 8.78 Å². The number of hydrogen-bond donors (Lipinski definition) is 0. The molecule has 4 unspecified atom stereocenters. The zero-order chi connectivity index (χ0) is 21.1. The summed E-state index contributed by atoms with van der Waals surface area (Å²) in [6.45, 7) is 3.57. The zero-order valence-electron chi connectivity index (χ0n) is 17.9. The number of rotatable bonds is 2. The molecule has 0 radical (unpaired) electrons. The minimum Gasteiger partial charge on any atom is -0.207 e. The van der Waals surface area contributed by atoms with Crippen LogP contribution < -0.4 is 0 Å². The minimum atomic E-state index is -0.551. The van der Waals surface area contributed by atoms with Gasteiger partial charge in [-0.3, -0.25) is 0 Å². The van der Waals surface area contributed by atoms with Gasteiger partial charge in [-0.2, -0.15) is 0 Å². The Kier molecular flexibility index (Phi) is 6.38. The van der Waals surface area contributed by atoms with E-state index >= 15 is 0 Å². The van der Waals surface area contributed by atoms with Gasteiger partial charge in [0.05, 0.1) is 0 Å². The Bertz CT molecular complexity index is 951. The molecule has 0 aromatic heterocycles. The molecule has 2 fully saturated rings. The Morgan fingerprint density at radius 2 is 1.47 bits per heavy atom. The van der Waals surface area contributed by atoms with Gasteiger partial charge in [-0.1, -0.05) is 36.1 Å². The molecule has 0 N–H and O–H groups in total. The van der Waals surface area contributed by atoms with E-state index < -0.39 is 11.6 Å². The quantitative estimate of drug-likeness (QED) is 0.358. The van der Waals surface area contributed by atoms with E-state index in [-0.39, 0.29) is 5.56 Å². The highest BCUT2D eigenvalue weighted by Crippen LogP contribution is 2.47. The van der Waals surface area contributed by atoms with Gasteiger partial charge in [0.2, 0.25) is 0 Å². The van der Waals surface area contributed by atoms with Crippen molar-refractivity contribution < 1.29 is 8.78 Å². The number of allylic oxidation sites excluding steroid dienone is 2. The van der Waals surface area contributed by atoms with Crippen LogP contribution in [0, 0.1) is 48.2 Å².